The quantitative estimate of drug-likeness (QED) is 0.713. The Hall–Kier alpha value is -1.64. The van der Waals surface area contributed by atoms with Crippen molar-refractivity contribution >= 4 is 17.4 Å². The average molecular weight is 245 g/mol. The number of amides is 1. The number of rotatable bonds is 1. The molecule has 1 aliphatic heterocycles. The maximum Gasteiger partial charge on any atom is 0.240 e. The van der Waals surface area contributed by atoms with Crippen LogP contribution in [0.2, 0.25) is 0 Å². The second-order valence-electron chi connectivity index (χ2n) is 5.75. The number of carbonyl (C=O) groups excluding carboxylic acids is 2. The molecule has 1 aromatic rings. The zero-order valence-electron chi connectivity index (χ0n) is 11.6. The van der Waals surface area contributed by atoms with Crippen LogP contribution in [0, 0.1) is 5.41 Å². The molecule has 18 heavy (non-hydrogen) atoms. The second-order valence-corrected chi connectivity index (χ2v) is 5.75. The van der Waals surface area contributed by atoms with Gasteiger partial charge in [0.1, 0.15) is 5.41 Å². The Morgan fingerprint density at radius 1 is 1.17 bits per heavy atom. The van der Waals surface area contributed by atoms with Crippen LogP contribution in [0.1, 0.15) is 49.5 Å². The molecule has 0 radical (unpaired) electrons. The van der Waals surface area contributed by atoms with Crippen molar-refractivity contribution in [3.8, 4) is 0 Å². The van der Waals surface area contributed by atoms with Gasteiger partial charge in [0, 0.05) is 12.6 Å². The normalized spacial score (nSPS) is 18.2. The largest absolute Gasteiger partial charge is 0.314 e. The molecule has 1 aromatic carbocycles. The van der Waals surface area contributed by atoms with Crippen LogP contribution < -0.4 is 4.90 Å². The predicted octanol–water partition coefficient (Wildman–Crippen LogP) is 3.00. The number of anilines is 1. The van der Waals surface area contributed by atoms with E-state index < -0.39 is 5.41 Å². The van der Waals surface area contributed by atoms with Crippen LogP contribution in [0.25, 0.3) is 0 Å². The lowest BCUT2D eigenvalue weighted by Crippen LogP contribution is -2.48. The molecule has 2 rings (SSSR count). The van der Waals surface area contributed by atoms with Crippen molar-refractivity contribution in [3.05, 3.63) is 29.3 Å². The van der Waals surface area contributed by atoms with Crippen molar-refractivity contribution in [1.29, 1.82) is 0 Å². The van der Waals surface area contributed by atoms with Crippen molar-refractivity contribution in [2.45, 2.75) is 33.6 Å². The smallest absolute Gasteiger partial charge is 0.240 e. The first-order valence-corrected chi connectivity index (χ1v) is 6.23. The Bertz CT molecular complexity index is 529. The maximum absolute atomic E-state index is 12.4. The van der Waals surface area contributed by atoms with Gasteiger partial charge in [-0.2, -0.15) is 0 Å². The molecular formula is C15H19NO2. The number of nitrogens with zero attached hydrogens (tertiary/aromatic N) is 1. The molecule has 0 bridgehead atoms. The molecule has 0 saturated heterocycles. The van der Waals surface area contributed by atoms with Gasteiger partial charge < -0.3 is 4.90 Å². The SMILES string of the molecule is CC(C)c1ccc2c(c1)C(=O)C(C)(C)C(=O)N2C. The molecular weight excluding hydrogens is 226 g/mol. The van der Waals surface area contributed by atoms with Gasteiger partial charge in [0.25, 0.3) is 0 Å². The monoisotopic (exact) mass is 245 g/mol. The zero-order valence-corrected chi connectivity index (χ0v) is 11.6. The molecule has 0 saturated carbocycles. The molecule has 1 heterocycles. The number of hydrogen-bond donors (Lipinski definition) is 0. The van der Waals surface area contributed by atoms with E-state index >= 15 is 0 Å². The Kier molecular flexibility index (Phi) is 2.80. The van der Waals surface area contributed by atoms with Gasteiger partial charge in [-0.1, -0.05) is 19.9 Å². The number of hydrogen-bond acceptors (Lipinski definition) is 2. The summed E-state index contributed by atoms with van der Waals surface area (Å²) in [6.45, 7) is 7.57. The number of ketones is 1. The summed E-state index contributed by atoms with van der Waals surface area (Å²) in [5, 5.41) is 0. The van der Waals surface area contributed by atoms with Crippen LogP contribution in [-0.2, 0) is 4.79 Å². The molecule has 0 spiro atoms. The topological polar surface area (TPSA) is 37.4 Å². The maximum atomic E-state index is 12.4. The van der Waals surface area contributed by atoms with Gasteiger partial charge in [0.05, 0.1) is 5.69 Å². The molecule has 0 aliphatic carbocycles. The summed E-state index contributed by atoms with van der Waals surface area (Å²) >= 11 is 0. The van der Waals surface area contributed by atoms with E-state index in [1.165, 1.54) is 0 Å². The van der Waals surface area contributed by atoms with Crippen LogP contribution in [0.5, 0.6) is 0 Å². The molecule has 0 aromatic heterocycles. The lowest BCUT2D eigenvalue weighted by molar-refractivity contribution is -0.124. The first-order valence-electron chi connectivity index (χ1n) is 6.23. The number of fused-ring (bicyclic) bond motifs is 1. The zero-order chi connectivity index (χ0) is 13.7. The van der Waals surface area contributed by atoms with E-state index in [0.29, 0.717) is 17.2 Å². The summed E-state index contributed by atoms with van der Waals surface area (Å²) < 4.78 is 0. The van der Waals surface area contributed by atoms with Crippen molar-refractivity contribution in [2.24, 2.45) is 5.41 Å². The highest BCUT2D eigenvalue weighted by molar-refractivity contribution is 6.24. The standard InChI is InChI=1S/C15H19NO2/c1-9(2)10-6-7-12-11(8-10)13(17)15(3,4)14(18)16(12)5/h6-9H,1-5H3. The Labute approximate surface area is 108 Å². The van der Waals surface area contributed by atoms with E-state index in [2.05, 4.69) is 13.8 Å². The molecule has 0 N–H and O–H groups in total. The number of benzene rings is 1. The number of carbonyl (C=O) groups is 2. The molecule has 0 fully saturated rings. The second kappa shape index (κ2) is 3.94. The van der Waals surface area contributed by atoms with E-state index in [9.17, 15) is 9.59 Å². The minimum absolute atomic E-state index is 0.0805. The molecule has 0 unspecified atom stereocenters. The molecule has 0 atom stereocenters. The first-order chi connectivity index (χ1) is 8.26. The van der Waals surface area contributed by atoms with Crippen LogP contribution >= 0.6 is 0 Å². The minimum atomic E-state index is -0.961. The summed E-state index contributed by atoms with van der Waals surface area (Å²) in [6.07, 6.45) is 0. The molecule has 3 nitrogen and oxygen atoms in total. The Morgan fingerprint density at radius 3 is 2.33 bits per heavy atom. The third-order valence-electron chi connectivity index (χ3n) is 3.70. The van der Waals surface area contributed by atoms with E-state index in [1.54, 1.807) is 25.8 Å². The van der Waals surface area contributed by atoms with E-state index in [1.807, 2.05) is 18.2 Å². The van der Waals surface area contributed by atoms with E-state index in [4.69, 9.17) is 0 Å². The van der Waals surface area contributed by atoms with E-state index in [-0.39, 0.29) is 11.7 Å². The average Bonchev–Trinajstić information content (AvgIpc) is 2.33. The third kappa shape index (κ3) is 1.65. The Morgan fingerprint density at radius 2 is 1.78 bits per heavy atom. The van der Waals surface area contributed by atoms with Gasteiger partial charge in [-0.15, -0.1) is 0 Å². The molecule has 1 aliphatic rings. The fourth-order valence-electron chi connectivity index (χ4n) is 2.35. The summed E-state index contributed by atoms with van der Waals surface area (Å²) in [4.78, 5) is 26.1. The van der Waals surface area contributed by atoms with Crippen molar-refractivity contribution in [2.75, 3.05) is 11.9 Å². The minimum Gasteiger partial charge on any atom is -0.314 e. The van der Waals surface area contributed by atoms with Crippen LogP contribution in [-0.4, -0.2) is 18.7 Å². The number of Topliss-reactive ketones (excluding diaryl/α,β-unsaturated/α-hetero) is 1. The molecule has 96 valence electrons. The van der Waals surface area contributed by atoms with Gasteiger partial charge in [0.2, 0.25) is 5.91 Å². The van der Waals surface area contributed by atoms with Gasteiger partial charge in [-0.25, -0.2) is 0 Å². The van der Waals surface area contributed by atoms with Crippen molar-refractivity contribution in [1.82, 2.24) is 0 Å². The summed E-state index contributed by atoms with van der Waals surface area (Å²) in [5.74, 6) is 0.148. The lowest BCUT2D eigenvalue weighted by Gasteiger charge is -2.35. The highest BCUT2D eigenvalue weighted by Crippen LogP contribution is 2.37. The fourth-order valence-corrected chi connectivity index (χ4v) is 2.35. The van der Waals surface area contributed by atoms with Crippen LogP contribution in [0.4, 0.5) is 5.69 Å². The van der Waals surface area contributed by atoms with E-state index in [0.717, 1.165) is 5.56 Å². The van der Waals surface area contributed by atoms with Gasteiger partial charge in [-0.3, -0.25) is 9.59 Å². The van der Waals surface area contributed by atoms with Crippen molar-refractivity contribution < 1.29 is 9.59 Å². The summed E-state index contributed by atoms with van der Waals surface area (Å²) in [7, 11) is 1.73. The van der Waals surface area contributed by atoms with Gasteiger partial charge >= 0.3 is 0 Å². The lowest BCUT2D eigenvalue weighted by atomic mass is 9.78. The third-order valence-corrected chi connectivity index (χ3v) is 3.70. The summed E-state index contributed by atoms with van der Waals surface area (Å²) in [6, 6.07) is 5.78. The van der Waals surface area contributed by atoms with Crippen molar-refractivity contribution in [3.63, 3.8) is 0 Å². The van der Waals surface area contributed by atoms with Gasteiger partial charge in [0.15, 0.2) is 5.78 Å². The molecule has 3 heteroatoms. The van der Waals surface area contributed by atoms with Crippen LogP contribution in [0.3, 0.4) is 0 Å². The van der Waals surface area contributed by atoms with Crippen LogP contribution in [0.15, 0.2) is 18.2 Å². The highest BCUT2D eigenvalue weighted by atomic mass is 16.2. The molecule has 1 amide bonds. The van der Waals surface area contributed by atoms with Gasteiger partial charge in [-0.05, 0) is 37.5 Å². The predicted molar refractivity (Wildman–Crippen MR) is 72.1 cm³/mol. The highest BCUT2D eigenvalue weighted by Gasteiger charge is 2.44. The Balaban J connectivity index is 2.64. The summed E-state index contributed by atoms with van der Waals surface area (Å²) in [5.41, 5.74) is 1.54. The fraction of sp³-hybridized carbons (Fsp3) is 0.467. The first kappa shape index (κ1) is 12.8.